The van der Waals surface area contributed by atoms with Gasteiger partial charge in [0.15, 0.2) is 0 Å². The largest absolute Gasteiger partial charge is 0.396 e. The zero-order valence-electron chi connectivity index (χ0n) is 9.07. The number of hydrogen-bond donors (Lipinski definition) is 2. The molecular formula is C10H19NO4. The molecule has 0 spiro atoms. The van der Waals surface area contributed by atoms with Crippen LogP contribution in [0.5, 0.6) is 0 Å². The minimum atomic E-state index is -0.912. The van der Waals surface area contributed by atoms with Gasteiger partial charge in [-0.25, -0.2) is 4.79 Å². The quantitative estimate of drug-likeness (QED) is 0.365. The van der Waals surface area contributed by atoms with Crippen LogP contribution >= 0.6 is 0 Å². The molecule has 15 heavy (non-hydrogen) atoms. The lowest BCUT2D eigenvalue weighted by Gasteiger charge is -2.08. The van der Waals surface area contributed by atoms with E-state index >= 15 is 0 Å². The molecule has 0 aliphatic heterocycles. The SMILES string of the molecule is CCCCCC(=O)OC(=O)[C@@H](N)CCO. The number of rotatable bonds is 7. The van der Waals surface area contributed by atoms with Gasteiger partial charge in [-0.15, -0.1) is 0 Å². The zero-order valence-corrected chi connectivity index (χ0v) is 9.07. The Morgan fingerprint density at radius 1 is 1.40 bits per heavy atom. The third-order valence-electron chi connectivity index (χ3n) is 1.94. The number of hydrogen-bond acceptors (Lipinski definition) is 5. The number of nitrogens with two attached hydrogens (primary N) is 1. The number of aliphatic hydroxyl groups is 1. The highest BCUT2D eigenvalue weighted by Gasteiger charge is 2.17. The Morgan fingerprint density at radius 3 is 2.60 bits per heavy atom. The van der Waals surface area contributed by atoms with Crippen molar-refractivity contribution in [3.8, 4) is 0 Å². The van der Waals surface area contributed by atoms with Gasteiger partial charge in [0.05, 0.1) is 0 Å². The topological polar surface area (TPSA) is 89.6 Å². The second-order valence-corrected chi connectivity index (χ2v) is 3.37. The molecule has 1 atom stereocenters. The molecule has 0 saturated carbocycles. The normalized spacial score (nSPS) is 12.2. The minimum Gasteiger partial charge on any atom is -0.396 e. The summed E-state index contributed by atoms with van der Waals surface area (Å²) in [7, 11) is 0. The Balaban J connectivity index is 3.70. The van der Waals surface area contributed by atoms with E-state index in [-0.39, 0.29) is 19.4 Å². The lowest BCUT2D eigenvalue weighted by Crippen LogP contribution is -2.34. The first-order valence-corrected chi connectivity index (χ1v) is 5.22. The fourth-order valence-corrected chi connectivity index (χ4v) is 1.02. The summed E-state index contributed by atoms with van der Waals surface area (Å²) in [6, 6.07) is -0.912. The molecule has 0 aliphatic carbocycles. The van der Waals surface area contributed by atoms with Gasteiger partial charge in [0.2, 0.25) is 0 Å². The van der Waals surface area contributed by atoms with E-state index < -0.39 is 18.0 Å². The lowest BCUT2D eigenvalue weighted by molar-refractivity contribution is -0.160. The molecule has 0 unspecified atom stereocenters. The predicted octanol–water partition coefficient (Wildman–Crippen LogP) is 0.346. The van der Waals surface area contributed by atoms with Crippen molar-refractivity contribution in [1.29, 1.82) is 0 Å². The molecule has 0 rings (SSSR count). The number of esters is 2. The predicted molar refractivity (Wildman–Crippen MR) is 54.9 cm³/mol. The van der Waals surface area contributed by atoms with Gasteiger partial charge in [0, 0.05) is 13.0 Å². The van der Waals surface area contributed by atoms with E-state index in [9.17, 15) is 9.59 Å². The third-order valence-corrected chi connectivity index (χ3v) is 1.94. The fourth-order valence-electron chi connectivity index (χ4n) is 1.02. The van der Waals surface area contributed by atoms with Crippen molar-refractivity contribution in [3.63, 3.8) is 0 Å². The molecule has 0 fully saturated rings. The molecule has 3 N–H and O–H groups in total. The summed E-state index contributed by atoms with van der Waals surface area (Å²) in [5.74, 6) is -1.30. The second-order valence-electron chi connectivity index (χ2n) is 3.37. The van der Waals surface area contributed by atoms with E-state index in [4.69, 9.17) is 10.8 Å². The zero-order chi connectivity index (χ0) is 11.7. The maximum absolute atomic E-state index is 11.1. The summed E-state index contributed by atoms with van der Waals surface area (Å²) in [4.78, 5) is 22.2. The number of carbonyl (C=O) groups excluding carboxylic acids is 2. The van der Waals surface area contributed by atoms with Crippen molar-refractivity contribution < 1.29 is 19.4 Å². The van der Waals surface area contributed by atoms with Crippen molar-refractivity contribution in [2.45, 2.75) is 45.1 Å². The monoisotopic (exact) mass is 217 g/mol. The minimum absolute atomic E-state index is 0.112. The average Bonchev–Trinajstić information content (AvgIpc) is 2.18. The lowest BCUT2D eigenvalue weighted by atomic mass is 10.2. The molecule has 0 bridgehead atoms. The van der Waals surface area contributed by atoms with Crippen LogP contribution in [0.3, 0.4) is 0 Å². The van der Waals surface area contributed by atoms with Crippen LogP contribution in [0.25, 0.3) is 0 Å². The van der Waals surface area contributed by atoms with Gasteiger partial charge in [-0.1, -0.05) is 19.8 Å². The van der Waals surface area contributed by atoms with Crippen LogP contribution in [-0.4, -0.2) is 29.7 Å². The second kappa shape index (κ2) is 8.38. The van der Waals surface area contributed by atoms with E-state index in [1.165, 1.54) is 0 Å². The molecule has 0 aromatic carbocycles. The summed E-state index contributed by atoms with van der Waals surface area (Å²) >= 11 is 0. The highest BCUT2D eigenvalue weighted by molar-refractivity contribution is 5.88. The fraction of sp³-hybridized carbons (Fsp3) is 0.800. The van der Waals surface area contributed by atoms with Gasteiger partial charge in [-0.2, -0.15) is 0 Å². The first-order chi connectivity index (χ1) is 7.11. The van der Waals surface area contributed by atoms with Gasteiger partial charge < -0.3 is 15.6 Å². The Morgan fingerprint density at radius 2 is 2.07 bits per heavy atom. The first kappa shape index (κ1) is 14.1. The summed E-state index contributed by atoms with van der Waals surface area (Å²) in [5.41, 5.74) is 5.34. The van der Waals surface area contributed by atoms with Crippen LogP contribution in [-0.2, 0) is 14.3 Å². The Hall–Kier alpha value is -0.940. The van der Waals surface area contributed by atoms with Gasteiger partial charge in [0.1, 0.15) is 6.04 Å². The maximum atomic E-state index is 11.1. The first-order valence-electron chi connectivity index (χ1n) is 5.22. The highest BCUT2D eigenvalue weighted by atomic mass is 16.6. The highest BCUT2D eigenvalue weighted by Crippen LogP contribution is 2.01. The van der Waals surface area contributed by atoms with E-state index in [1.54, 1.807) is 0 Å². The van der Waals surface area contributed by atoms with Crippen molar-refractivity contribution in [2.75, 3.05) is 6.61 Å². The van der Waals surface area contributed by atoms with Crippen molar-refractivity contribution in [2.24, 2.45) is 5.73 Å². The number of unbranched alkanes of at least 4 members (excludes halogenated alkanes) is 2. The van der Waals surface area contributed by atoms with Crippen LogP contribution in [0.4, 0.5) is 0 Å². The van der Waals surface area contributed by atoms with Crippen LogP contribution in [0.2, 0.25) is 0 Å². The molecule has 0 radical (unpaired) electrons. The maximum Gasteiger partial charge on any atom is 0.330 e. The van der Waals surface area contributed by atoms with Gasteiger partial charge >= 0.3 is 11.9 Å². The molecule has 0 aromatic rings. The van der Waals surface area contributed by atoms with Crippen molar-refractivity contribution >= 4 is 11.9 Å². The number of ether oxygens (including phenoxy) is 1. The van der Waals surface area contributed by atoms with Gasteiger partial charge in [-0.05, 0) is 12.8 Å². The average molecular weight is 217 g/mol. The molecule has 88 valence electrons. The van der Waals surface area contributed by atoms with Crippen molar-refractivity contribution in [3.05, 3.63) is 0 Å². The molecule has 0 aliphatic rings. The molecule has 0 saturated heterocycles. The molecule has 0 amide bonds. The molecule has 0 aromatic heterocycles. The number of aliphatic hydroxyl groups excluding tert-OH is 1. The molecule has 5 nitrogen and oxygen atoms in total. The molecular weight excluding hydrogens is 198 g/mol. The third kappa shape index (κ3) is 7.04. The summed E-state index contributed by atoms with van der Waals surface area (Å²) in [6.45, 7) is 1.83. The van der Waals surface area contributed by atoms with Crippen LogP contribution < -0.4 is 5.73 Å². The van der Waals surface area contributed by atoms with E-state index in [2.05, 4.69) is 4.74 Å². The molecule has 5 heteroatoms. The summed E-state index contributed by atoms with van der Waals surface area (Å²) in [6.07, 6.45) is 3.02. The van der Waals surface area contributed by atoms with Crippen LogP contribution in [0.1, 0.15) is 39.0 Å². The van der Waals surface area contributed by atoms with E-state index in [0.29, 0.717) is 0 Å². The van der Waals surface area contributed by atoms with Gasteiger partial charge in [-0.3, -0.25) is 4.79 Å². The smallest absolute Gasteiger partial charge is 0.330 e. The number of carbonyl (C=O) groups is 2. The Kier molecular flexibility index (Phi) is 7.85. The Bertz CT molecular complexity index is 206. The van der Waals surface area contributed by atoms with Gasteiger partial charge in [0.25, 0.3) is 0 Å². The Labute approximate surface area is 89.6 Å². The van der Waals surface area contributed by atoms with E-state index in [1.807, 2.05) is 6.92 Å². The van der Waals surface area contributed by atoms with Crippen LogP contribution in [0, 0.1) is 0 Å². The molecule has 0 heterocycles. The van der Waals surface area contributed by atoms with Crippen molar-refractivity contribution in [1.82, 2.24) is 0 Å². The standard InChI is InChI=1S/C10H19NO4/c1-2-3-4-5-9(13)15-10(14)8(11)6-7-12/h8,12H,2-7,11H2,1H3/t8-/m0/s1. The summed E-state index contributed by atoms with van der Waals surface area (Å²) < 4.78 is 4.50. The van der Waals surface area contributed by atoms with Crippen LogP contribution in [0.15, 0.2) is 0 Å². The van der Waals surface area contributed by atoms with E-state index in [0.717, 1.165) is 19.3 Å². The summed E-state index contributed by atoms with van der Waals surface area (Å²) in [5, 5.41) is 8.52.